The molecule has 0 N–H and O–H groups in total. The lowest BCUT2D eigenvalue weighted by atomic mass is 10.3. The molecule has 1 aromatic rings. The van der Waals surface area contributed by atoms with Gasteiger partial charge < -0.3 is 4.90 Å². The van der Waals surface area contributed by atoms with Crippen LogP contribution in [0.25, 0.3) is 0 Å². The third-order valence-corrected chi connectivity index (χ3v) is 1.48. The molecule has 0 aliphatic rings. The normalized spacial score (nSPS) is 9.27. The van der Waals surface area contributed by atoms with E-state index in [4.69, 9.17) is 0 Å². The summed E-state index contributed by atoms with van der Waals surface area (Å²) in [5.41, 5.74) is 1.05. The highest BCUT2D eigenvalue weighted by atomic mass is 15.2. The minimum Gasteiger partial charge on any atom is -0.336 e. The van der Waals surface area contributed by atoms with E-state index in [1.54, 1.807) is 12.4 Å². The standard InChI is InChI=1S/C8H11N3/c1-4-11(3)8-7(2)5-9-6-10-8/h4-6H,1H2,2-3H3. The van der Waals surface area contributed by atoms with E-state index in [1.807, 2.05) is 18.9 Å². The van der Waals surface area contributed by atoms with E-state index in [0.29, 0.717) is 0 Å². The molecule has 0 radical (unpaired) electrons. The SMILES string of the molecule is C=CN(C)c1ncncc1C. The summed E-state index contributed by atoms with van der Waals surface area (Å²) in [5.74, 6) is 0.898. The summed E-state index contributed by atoms with van der Waals surface area (Å²) < 4.78 is 0. The molecule has 11 heavy (non-hydrogen) atoms. The summed E-state index contributed by atoms with van der Waals surface area (Å²) in [6, 6.07) is 0. The predicted octanol–water partition coefficient (Wildman–Crippen LogP) is 1.36. The van der Waals surface area contributed by atoms with Crippen molar-refractivity contribution in [2.24, 2.45) is 0 Å². The largest absolute Gasteiger partial charge is 0.336 e. The topological polar surface area (TPSA) is 29.0 Å². The summed E-state index contributed by atoms with van der Waals surface area (Å²) in [7, 11) is 1.91. The first-order valence-electron chi connectivity index (χ1n) is 3.37. The first-order valence-corrected chi connectivity index (χ1v) is 3.37. The van der Waals surface area contributed by atoms with E-state index in [0.717, 1.165) is 11.4 Å². The van der Waals surface area contributed by atoms with Crippen molar-refractivity contribution in [2.75, 3.05) is 11.9 Å². The maximum Gasteiger partial charge on any atom is 0.138 e. The molecule has 1 heterocycles. The lowest BCUT2D eigenvalue weighted by Crippen LogP contribution is -2.10. The summed E-state index contributed by atoms with van der Waals surface area (Å²) in [6.45, 7) is 5.61. The predicted molar refractivity (Wildman–Crippen MR) is 45.4 cm³/mol. The van der Waals surface area contributed by atoms with Gasteiger partial charge in [0.15, 0.2) is 0 Å². The van der Waals surface area contributed by atoms with E-state index in [9.17, 15) is 0 Å². The fraction of sp³-hybridized carbons (Fsp3) is 0.250. The van der Waals surface area contributed by atoms with Gasteiger partial charge in [-0.05, 0) is 13.1 Å². The van der Waals surface area contributed by atoms with Gasteiger partial charge in [0.05, 0.1) is 0 Å². The summed E-state index contributed by atoms with van der Waals surface area (Å²) in [5, 5.41) is 0. The molecule has 0 fully saturated rings. The van der Waals surface area contributed by atoms with Gasteiger partial charge in [-0.25, -0.2) is 9.97 Å². The fourth-order valence-corrected chi connectivity index (χ4v) is 0.848. The molecule has 0 atom stereocenters. The van der Waals surface area contributed by atoms with Crippen molar-refractivity contribution in [3.05, 3.63) is 30.9 Å². The molecule has 0 amide bonds. The van der Waals surface area contributed by atoms with E-state index in [1.165, 1.54) is 6.33 Å². The number of hydrogen-bond acceptors (Lipinski definition) is 3. The zero-order valence-electron chi connectivity index (χ0n) is 6.78. The zero-order valence-corrected chi connectivity index (χ0v) is 6.78. The van der Waals surface area contributed by atoms with Crippen molar-refractivity contribution >= 4 is 5.82 Å². The van der Waals surface area contributed by atoms with E-state index >= 15 is 0 Å². The van der Waals surface area contributed by atoms with Crippen LogP contribution in [0, 0.1) is 6.92 Å². The maximum atomic E-state index is 4.09. The molecular formula is C8H11N3. The van der Waals surface area contributed by atoms with Crippen LogP contribution in [0.1, 0.15) is 5.56 Å². The molecule has 58 valence electrons. The molecule has 3 heteroatoms. The molecule has 0 aromatic carbocycles. The molecule has 0 spiro atoms. The van der Waals surface area contributed by atoms with Crippen molar-refractivity contribution in [3.63, 3.8) is 0 Å². The molecule has 0 bridgehead atoms. The first kappa shape index (κ1) is 7.72. The molecule has 0 unspecified atom stereocenters. The van der Waals surface area contributed by atoms with Gasteiger partial charge in [-0.2, -0.15) is 0 Å². The van der Waals surface area contributed by atoms with Crippen LogP contribution in [-0.4, -0.2) is 17.0 Å². The Labute approximate surface area is 66.4 Å². The Morgan fingerprint density at radius 3 is 2.91 bits per heavy atom. The van der Waals surface area contributed by atoms with E-state index in [-0.39, 0.29) is 0 Å². The number of rotatable bonds is 2. The van der Waals surface area contributed by atoms with Crippen LogP contribution in [0.3, 0.4) is 0 Å². The highest BCUT2D eigenvalue weighted by molar-refractivity contribution is 5.45. The van der Waals surface area contributed by atoms with Crippen LogP contribution < -0.4 is 4.90 Å². The van der Waals surface area contributed by atoms with Crippen molar-refractivity contribution < 1.29 is 0 Å². The molecule has 3 nitrogen and oxygen atoms in total. The fourth-order valence-electron chi connectivity index (χ4n) is 0.848. The Morgan fingerprint density at radius 1 is 1.64 bits per heavy atom. The Morgan fingerprint density at radius 2 is 2.36 bits per heavy atom. The molecule has 1 rings (SSSR count). The third kappa shape index (κ3) is 1.55. The second-order valence-electron chi connectivity index (χ2n) is 2.32. The summed E-state index contributed by atoms with van der Waals surface area (Å²) in [4.78, 5) is 9.84. The van der Waals surface area contributed by atoms with Gasteiger partial charge in [-0.3, -0.25) is 0 Å². The van der Waals surface area contributed by atoms with Gasteiger partial charge >= 0.3 is 0 Å². The number of anilines is 1. The Hall–Kier alpha value is -1.38. The second-order valence-corrected chi connectivity index (χ2v) is 2.32. The molecule has 0 saturated carbocycles. The van der Waals surface area contributed by atoms with Crippen LogP contribution >= 0.6 is 0 Å². The first-order chi connectivity index (χ1) is 5.25. The average Bonchev–Trinajstić information content (AvgIpc) is 2.04. The van der Waals surface area contributed by atoms with Crippen LogP contribution in [0.5, 0.6) is 0 Å². The van der Waals surface area contributed by atoms with Crippen LogP contribution in [0.15, 0.2) is 25.3 Å². The lowest BCUT2D eigenvalue weighted by Gasteiger charge is -2.13. The lowest BCUT2D eigenvalue weighted by molar-refractivity contribution is 1.05. The minimum atomic E-state index is 0.898. The quantitative estimate of drug-likeness (QED) is 0.635. The maximum absolute atomic E-state index is 4.09. The summed E-state index contributed by atoms with van der Waals surface area (Å²) in [6.07, 6.45) is 5.03. The number of aryl methyl sites for hydroxylation is 1. The van der Waals surface area contributed by atoms with Crippen molar-refractivity contribution in [1.29, 1.82) is 0 Å². The van der Waals surface area contributed by atoms with Gasteiger partial charge in [0.2, 0.25) is 0 Å². The third-order valence-electron chi connectivity index (χ3n) is 1.48. The van der Waals surface area contributed by atoms with Gasteiger partial charge in [0, 0.05) is 18.8 Å². The monoisotopic (exact) mass is 149 g/mol. The number of hydrogen-bond donors (Lipinski definition) is 0. The van der Waals surface area contributed by atoms with Crippen LogP contribution in [0.4, 0.5) is 5.82 Å². The van der Waals surface area contributed by atoms with Gasteiger partial charge in [-0.15, -0.1) is 0 Å². The van der Waals surface area contributed by atoms with Gasteiger partial charge in [-0.1, -0.05) is 6.58 Å². The Kier molecular flexibility index (Phi) is 2.21. The zero-order chi connectivity index (χ0) is 8.27. The van der Waals surface area contributed by atoms with Crippen molar-refractivity contribution in [1.82, 2.24) is 9.97 Å². The summed E-state index contributed by atoms with van der Waals surface area (Å²) >= 11 is 0. The molecule has 1 aromatic heterocycles. The van der Waals surface area contributed by atoms with Crippen LogP contribution in [0.2, 0.25) is 0 Å². The Bertz CT molecular complexity index is 257. The smallest absolute Gasteiger partial charge is 0.138 e. The van der Waals surface area contributed by atoms with Crippen molar-refractivity contribution in [3.8, 4) is 0 Å². The molecule has 0 aliphatic carbocycles. The average molecular weight is 149 g/mol. The number of aromatic nitrogens is 2. The molecule has 0 saturated heterocycles. The van der Waals surface area contributed by atoms with Gasteiger partial charge in [0.25, 0.3) is 0 Å². The number of nitrogens with zero attached hydrogens (tertiary/aromatic N) is 3. The molecular weight excluding hydrogens is 138 g/mol. The molecule has 0 aliphatic heterocycles. The van der Waals surface area contributed by atoms with Crippen LogP contribution in [-0.2, 0) is 0 Å². The highest BCUT2D eigenvalue weighted by Gasteiger charge is 2.00. The van der Waals surface area contributed by atoms with E-state index < -0.39 is 0 Å². The Balaban J connectivity index is 3.02. The second kappa shape index (κ2) is 3.14. The minimum absolute atomic E-state index is 0.898. The van der Waals surface area contributed by atoms with Crippen molar-refractivity contribution in [2.45, 2.75) is 6.92 Å². The van der Waals surface area contributed by atoms with E-state index in [2.05, 4.69) is 16.5 Å². The highest BCUT2D eigenvalue weighted by Crippen LogP contribution is 2.11. The van der Waals surface area contributed by atoms with Gasteiger partial charge in [0.1, 0.15) is 12.1 Å².